The number of halogens is 6. The number of alkyl halides is 6. The smallest absolute Gasteiger partial charge is 0.396 e. The highest BCUT2D eigenvalue weighted by Gasteiger charge is 2.64. The summed E-state index contributed by atoms with van der Waals surface area (Å²) in [5.74, 6) is -1.35. The minimum absolute atomic E-state index is 0.158. The molecule has 0 heterocycles. The van der Waals surface area contributed by atoms with Crippen molar-refractivity contribution in [3.8, 4) is 0 Å². The third kappa shape index (κ3) is 6.68. The van der Waals surface area contributed by atoms with Crippen LogP contribution in [0.25, 0.3) is 0 Å². The van der Waals surface area contributed by atoms with Crippen LogP contribution < -0.4 is 0 Å². The number of likely N-dealkylation sites (N-methyl/N-ethyl adjacent to an activating group) is 1. The van der Waals surface area contributed by atoms with Crippen molar-refractivity contribution >= 4 is 5.97 Å². The summed E-state index contributed by atoms with van der Waals surface area (Å²) in [6.07, 6.45) is -12.6. The molecule has 0 fully saturated rings. The van der Waals surface area contributed by atoms with Crippen LogP contribution in [0.5, 0.6) is 0 Å². The first kappa shape index (κ1) is 24.3. The summed E-state index contributed by atoms with van der Waals surface area (Å²) in [7, 11) is 1.18. The molecule has 0 amide bonds. The molecule has 0 aliphatic carbocycles. The van der Waals surface area contributed by atoms with Crippen LogP contribution in [0.3, 0.4) is 0 Å². The van der Waals surface area contributed by atoms with Crippen molar-refractivity contribution in [1.82, 2.24) is 4.90 Å². The molecular weight excluding hydrogens is 388 g/mol. The first-order chi connectivity index (χ1) is 12.5. The lowest BCUT2D eigenvalue weighted by Crippen LogP contribution is -2.59. The van der Waals surface area contributed by atoms with Crippen LogP contribution in [-0.4, -0.2) is 41.9 Å². The van der Waals surface area contributed by atoms with Gasteiger partial charge in [-0.15, -0.1) is 0 Å². The van der Waals surface area contributed by atoms with E-state index in [2.05, 4.69) is 0 Å². The Hall–Kier alpha value is -1.77. The van der Waals surface area contributed by atoms with E-state index in [0.29, 0.717) is 12.5 Å². The SMILES string of the molecule is CN(Cc1ccccc1)C(C(=O)OC(C)(C)C)C(C)(CC(F)(F)F)C(F)(F)F. The molecule has 1 aromatic carbocycles. The quantitative estimate of drug-likeness (QED) is 0.465. The fraction of sp³-hybridized carbons (Fsp3) is 0.632. The molecule has 0 aliphatic rings. The highest BCUT2D eigenvalue weighted by molar-refractivity contribution is 5.77. The second-order valence-electron chi connectivity index (χ2n) is 8.04. The average molecular weight is 413 g/mol. The van der Waals surface area contributed by atoms with Crippen molar-refractivity contribution in [2.75, 3.05) is 7.05 Å². The van der Waals surface area contributed by atoms with Crippen LogP contribution in [0.4, 0.5) is 26.3 Å². The van der Waals surface area contributed by atoms with E-state index < -0.39 is 41.8 Å². The molecule has 0 N–H and O–H groups in total. The molecule has 3 nitrogen and oxygen atoms in total. The van der Waals surface area contributed by atoms with Crippen molar-refractivity contribution < 1.29 is 35.9 Å². The van der Waals surface area contributed by atoms with E-state index in [0.717, 1.165) is 4.90 Å². The summed E-state index contributed by atoms with van der Waals surface area (Å²) in [5, 5.41) is 0. The molecule has 2 unspecified atom stereocenters. The zero-order valence-electron chi connectivity index (χ0n) is 16.4. The van der Waals surface area contributed by atoms with E-state index in [9.17, 15) is 31.1 Å². The third-order valence-corrected chi connectivity index (χ3v) is 4.16. The number of hydrogen-bond donors (Lipinski definition) is 0. The fourth-order valence-corrected chi connectivity index (χ4v) is 3.02. The van der Waals surface area contributed by atoms with Gasteiger partial charge in [0.1, 0.15) is 11.6 Å². The van der Waals surface area contributed by atoms with Crippen LogP contribution in [-0.2, 0) is 16.1 Å². The molecule has 0 aliphatic heterocycles. The van der Waals surface area contributed by atoms with Crippen molar-refractivity contribution in [2.45, 2.75) is 64.7 Å². The van der Waals surface area contributed by atoms with Crippen LogP contribution in [0.1, 0.15) is 39.7 Å². The van der Waals surface area contributed by atoms with Gasteiger partial charge in [-0.25, -0.2) is 0 Å². The Morgan fingerprint density at radius 2 is 1.50 bits per heavy atom. The summed E-state index contributed by atoms with van der Waals surface area (Å²) < 4.78 is 85.8. The predicted octanol–water partition coefficient (Wildman–Crippen LogP) is 5.35. The van der Waals surface area contributed by atoms with Gasteiger partial charge in [0.15, 0.2) is 0 Å². The topological polar surface area (TPSA) is 29.5 Å². The Balaban J connectivity index is 3.42. The molecule has 0 aromatic heterocycles. The second kappa shape index (κ2) is 8.31. The molecule has 9 heteroatoms. The number of hydrogen-bond acceptors (Lipinski definition) is 3. The summed E-state index contributed by atoms with van der Waals surface area (Å²) in [4.78, 5) is 13.6. The monoisotopic (exact) mass is 413 g/mol. The van der Waals surface area contributed by atoms with Crippen LogP contribution in [0, 0.1) is 5.41 Å². The van der Waals surface area contributed by atoms with Crippen molar-refractivity contribution in [3.05, 3.63) is 35.9 Å². The highest BCUT2D eigenvalue weighted by Crippen LogP contribution is 2.50. The number of benzene rings is 1. The van der Waals surface area contributed by atoms with Gasteiger partial charge in [0.25, 0.3) is 0 Å². The molecule has 0 spiro atoms. The van der Waals surface area contributed by atoms with E-state index in [1.807, 2.05) is 0 Å². The van der Waals surface area contributed by atoms with Gasteiger partial charge >= 0.3 is 18.3 Å². The maximum atomic E-state index is 13.8. The number of esters is 1. The minimum Gasteiger partial charge on any atom is -0.459 e. The van der Waals surface area contributed by atoms with Crippen LogP contribution >= 0.6 is 0 Å². The van der Waals surface area contributed by atoms with E-state index in [-0.39, 0.29) is 6.54 Å². The molecule has 160 valence electrons. The zero-order chi connectivity index (χ0) is 22.0. The molecule has 1 aromatic rings. The lowest BCUT2D eigenvalue weighted by Gasteiger charge is -2.43. The van der Waals surface area contributed by atoms with Gasteiger partial charge in [-0.2, -0.15) is 26.3 Å². The number of rotatable bonds is 6. The Bertz CT molecular complexity index is 651. The summed E-state index contributed by atoms with van der Waals surface area (Å²) >= 11 is 0. The molecule has 1 rings (SSSR count). The zero-order valence-corrected chi connectivity index (χ0v) is 16.4. The molecule has 0 bridgehead atoms. The van der Waals surface area contributed by atoms with Gasteiger partial charge < -0.3 is 4.74 Å². The van der Waals surface area contributed by atoms with E-state index in [1.54, 1.807) is 30.3 Å². The van der Waals surface area contributed by atoms with Gasteiger partial charge in [0.2, 0.25) is 0 Å². The maximum absolute atomic E-state index is 13.8. The predicted molar refractivity (Wildman–Crippen MR) is 92.4 cm³/mol. The normalized spacial score (nSPS) is 16.6. The van der Waals surface area contributed by atoms with Gasteiger partial charge in [-0.1, -0.05) is 30.3 Å². The summed E-state index contributed by atoms with van der Waals surface area (Å²) in [6, 6.07) is 6.01. The molecular formula is C19H25F6NO2. The molecule has 0 radical (unpaired) electrons. The Morgan fingerprint density at radius 3 is 1.89 bits per heavy atom. The lowest BCUT2D eigenvalue weighted by molar-refractivity contribution is -0.277. The standard InChI is InChI=1S/C19H25F6NO2/c1-16(2,3)28-15(27)14(26(5)11-13-9-7-6-8-10-13)17(4,19(23,24)25)12-18(20,21)22/h6-10,14H,11-12H2,1-5H3. The number of carbonyl (C=O) groups is 1. The first-order valence-corrected chi connectivity index (χ1v) is 8.57. The third-order valence-electron chi connectivity index (χ3n) is 4.16. The Labute approximate surface area is 160 Å². The Kier molecular flexibility index (Phi) is 7.20. The van der Waals surface area contributed by atoms with E-state index in [1.165, 1.54) is 27.8 Å². The minimum atomic E-state index is -5.30. The number of carbonyl (C=O) groups excluding carboxylic acids is 1. The number of nitrogens with zero attached hydrogens (tertiary/aromatic N) is 1. The second-order valence-corrected chi connectivity index (χ2v) is 8.04. The van der Waals surface area contributed by atoms with Crippen molar-refractivity contribution in [3.63, 3.8) is 0 Å². The first-order valence-electron chi connectivity index (χ1n) is 8.57. The fourth-order valence-electron chi connectivity index (χ4n) is 3.02. The average Bonchev–Trinajstić information content (AvgIpc) is 2.43. The highest BCUT2D eigenvalue weighted by atomic mass is 19.4. The Morgan fingerprint density at radius 1 is 1.00 bits per heavy atom. The molecule has 28 heavy (non-hydrogen) atoms. The van der Waals surface area contributed by atoms with Crippen molar-refractivity contribution in [2.24, 2.45) is 5.41 Å². The van der Waals surface area contributed by atoms with Crippen molar-refractivity contribution in [1.29, 1.82) is 0 Å². The largest absolute Gasteiger partial charge is 0.459 e. The van der Waals surface area contributed by atoms with Crippen LogP contribution in [0.15, 0.2) is 30.3 Å². The van der Waals surface area contributed by atoms with Crippen LogP contribution in [0.2, 0.25) is 0 Å². The van der Waals surface area contributed by atoms with Gasteiger partial charge in [0.05, 0.1) is 11.8 Å². The molecule has 0 saturated heterocycles. The van der Waals surface area contributed by atoms with Gasteiger partial charge in [-0.05, 0) is 40.3 Å². The van der Waals surface area contributed by atoms with E-state index in [4.69, 9.17) is 4.74 Å². The molecule has 0 saturated carbocycles. The van der Waals surface area contributed by atoms with Gasteiger partial charge in [0, 0.05) is 6.54 Å². The lowest BCUT2D eigenvalue weighted by atomic mass is 9.77. The maximum Gasteiger partial charge on any atom is 0.396 e. The molecule has 2 atom stereocenters. The van der Waals surface area contributed by atoms with Gasteiger partial charge in [-0.3, -0.25) is 9.69 Å². The number of ether oxygens (including phenoxy) is 1. The van der Waals surface area contributed by atoms with E-state index >= 15 is 0 Å². The summed E-state index contributed by atoms with van der Waals surface area (Å²) in [5.41, 5.74) is -4.00. The summed E-state index contributed by atoms with van der Waals surface area (Å²) in [6.45, 7) is 4.57.